The molecule has 0 spiro atoms. The van der Waals surface area contributed by atoms with E-state index in [4.69, 9.17) is 10.5 Å². The molecule has 0 radical (unpaired) electrons. The Morgan fingerprint density at radius 1 is 0.647 bits per heavy atom. The molecule has 4 bridgehead atoms. The maximum absolute atomic E-state index is 7.13. The van der Waals surface area contributed by atoms with Crippen molar-refractivity contribution in [1.29, 1.82) is 10.5 Å². The zero-order chi connectivity index (χ0) is 12.0. The van der Waals surface area contributed by atoms with Crippen molar-refractivity contribution in [2.45, 2.75) is 0 Å². The molecule has 4 rings (SSSR count). The molecule has 6 nitrogen and oxygen atoms in total. The predicted molar refractivity (Wildman–Crippen MR) is 68.3 cm³/mol. The molecule has 4 aliphatic heterocycles. The Labute approximate surface area is 143 Å². The summed E-state index contributed by atoms with van der Waals surface area (Å²) in [7, 11) is 0. The summed E-state index contributed by atoms with van der Waals surface area (Å²) < 4.78 is 0. The summed E-state index contributed by atoms with van der Waals surface area (Å²) in [6.45, 7) is 7.12. The van der Waals surface area contributed by atoms with E-state index in [0.29, 0.717) is 0 Å². The molecule has 0 amide bonds. The molecule has 4 heterocycles. The molecule has 17 heavy (non-hydrogen) atoms. The zero-order valence-corrected chi connectivity index (χ0v) is 13.3. The molecule has 88 valence electrons. The van der Waals surface area contributed by atoms with Crippen LogP contribution in [0.3, 0.4) is 0 Å². The second kappa shape index (κ2) is 9.45. The molecule has 9 heteroatoms. The van der Waals surface area contributed by atoms with Gasteiger partial charge in [0.1, 0.15) is 0 Å². The third-order valence-corrected chi connectivity index (χ3v) is 2.40. The third kappa shape index (κ3) is 5.79. The Bertz CT molecular complexity index is 233. The number of hydrogen-bond donors (Lipinski definition) is 0. The smallest absolute Gasteiger partial charge is 0.696 e. The summed E-state index contributed by atoms with van der Waals surface area (Å²) in [5.74, 6) is 0. The van der Waals surface area contributed by atoms with Crippen LogP contribution in [0, 0.1) is 21.3 Å². The number of rotatable bonds is 0. The summed E-state index contributed by atoms with van der Waals surface area (Å²) in [6.07, 6.45) is 0. The molecule has 0 aromatic carbocycles. The van der Waals surface area contributed by atoms with Gasteiger partial charge in [-0.2, -0.15) is 0 Å². The molecule has 0 N–H and O–H groups in total. The van der Waals surface area contributed by atoms with Gasteiger partial charge in [-0.1, -0.05) is 10.8 Å². The summed E-state index contributed by atoms with van der Waals surface area (Å²) in [5.41, 5.74) is 0. The van der Waals surface area contributed by atoms with Crippen molar-refractivity contribution in [1.82, 2.24) is 19.6 Å². The van der Waals surface area contributed by atoms with Crippen LogP contribution in [0.15, 0.2) is 0 Å². The van der Waals surface area contributed by atoms with Gasteiger partial charge in [-0.15, -0.1) is 0 Å². The summed E-state index contributed by atoms with van der Waals surface area (Å²) in [5, 5.41) is 16.9. The van der Waals surface area contributed by atoms with Crippen molar-refractivity contribution in [3.8, 4) is 10.8 Å². The predicted octanol–water partition coefficient (Wildman–Crippen LogP) is -1.37. The fraction of sp³-hybridized carbons (Fsp3) is 0.750. The quantitative estimate of drug-likeness (QED) is 0.308. The molecule has 0 atom stereocenters. The van der Waals surface area contributed by atoms with Crippen LogP contribution in [0.1, 0.15) is 0 Å². The molecular weight excluding hydrogens is 284 g/mol. The first-order chi connectivity index (χ1) is 7.73. The minimum Gasteiger partial charge on any atom is -0.696 e. The van der Waals surface area contributed by atoms with Crippen molar-refractivity contribution in [3.63, 3.8) is 0 Å². The van der Waals surface area contributed by atoms with Crippen LogP contribution in [0.5, 0.6) is 0 Å². The van der Waals surface area contributed by atoms with E-state index in [9.17, 15) is 0 Å². The van der Waals surface area contributed by atoms with E-state index in [0.717, 1.165) is 0 Å². The van der Waals surface area contributed by atoms with Gasteiger partial charge in [0.15, 0.2) is 0 Å². The van der Waals surface area contributed by atoms with E-state index in [1.165, 1.54) is 50.8 Å². The van der Waals surface area contributed by atoms with Gasteiger partial charge in [0.25, 0.3) is 0 Å². The maximum atomic E-state index is 7.13. The van der Waals surface area contributed by atoms with Gasteiger partial charge in [0.05, 0.1) is 40.0 Å². The van der Waals surface area contributed by atoms with E-state index >= 15 is 0 Å². The van der Waals surface area contributed by atoms with Gasteiger partial charge >= 0.3 is 37.7 Å². The van der Waals surface area contributed by atoms with Crippen LogP contribution in [-0.2, 0) is 25.3 Å². The van der Waals surface area contributed by atoms with Crippen molar-refractivity contribution in [2.75, 3.05) is 40.0 Å². The Morgan fingerprint density at radius 3 is 0.882 bits per heavy atom. The van der Waals surface area contributed by atoms with Crippen molar-refractivity contribution < 1.29 is 0 Å². The average molecular weight is 296 g/mol. The van der Waals surface area contributed by atoms with Crippen LogP contribution in [0.2, 0.25) is 0 Å². The van der Waals surface area contributed by atoms with Crippen molar-refractivity contribution >= 4 is 63.0 Å². The van der Waals surface area contributed by atoms with Gasteiger partial charge in [0, 0.05) is 0 Å². The Morgan fingerprint density at radius 2 is 0.765 bits per heavy atom. The topological polar surface area (TPSA) is 60.5 Å². The van der Waals surface area contributed by atoms with E-state index in [2.05, 4.69) is 44.9 Å². The average Bonchev–Trinajstić information content (AvgIpc) is 2.17. The Balaban J connectivity index is 0.000000320. The van der Waals surface area contributed by atoms with Crippen LogP contribution >= 0.6 is 0 Å². The van der Waals surface area contributed by atoms with Crippen LogP contribution in [0.4, 0.5) is 0 Å². The molecule has 4 fully saturated rings. The normalized spacial score (nSPS) is 34.7. The first-order valence-electron chi connectivity index (χ1n) is 4.65. The maximum Gasteiger partial charge on any atom is 2.00 e. The minimum atomic E-state index is 0. The van der Waals surface area contributed by atoms with Crippen molar-refractivity contribution in [2.24, 2.45) is 0 Å². The van der Waals surface area contributed by atoms with E-state index < -0.39 is 0 Å². The fourth-order valence-corrected chi connectivity index (χ4v) is 2.23. The fourth-order valence-electron chi connectivity index (χ4n) is 2.23. The van der Waals surface area contributed by atoms with E-state index in [1.54, 1.807) is 0 Å². The van der Waals surface area contributed by atoms with E-state index in [1.807, 2.05) is 0 Å². The van der Waals surface area contributed by atoms with Gasteiger partial charge < -0.3 is 25.3 Å². The largest absolute Gasteiger partial charge is 2.00 e. The standard InChI is InChI=1S/C6H12N4.2CHNS.Ca/c1-7-2-9-4-8(1)5-10(3-7)6-9;2*2-1-3;/h1-6H2;2*3H;/q;;;+2/p-2. The number of hydrogen-bond acceptors (Lipinski definition) is 8. The molecule has 0 aromatic heterocycles. The van der Waals surface area contributed by atoms with E-state index in [-0.39, 0.29) is 37.7 Å². The summed E-state index contributed by atoms with van der Waals surface area (Å²) in [4.78, 5) is 9.88. The SMILES string of the molecule is C1N2CN3CN1CN(C2)C3.N#C[S-].N#C[S-].[Ca+2]. The Hall–Kier alpha value is 0.520. The second-order valence-corrected chi connectivity index (χ2v) is 4.08. The van der Waals surface area contributed by atoms with Crippen LogP contribution in [-0.4, -0.2) is 97.4 Å². The van der Waals surface area contributed by atoms with Gasteiger partial charge in [0.2, 0.25) is 0 Å². The van der Waals surface area contributed by atoms with Gasteiger partial charge in [-0.25, -0.2) is 10.5 Å². The summed E-state index contributed by atoms with van der Waals surface area (Å²) >= 11 is 7.40. The van der Waals surface area contributed by atoms with Gasteiger partial charge in [-0.05, 0) is 0 Å². The van der Waals surface area contributed by atoms with Crippen molar-refractivity contribution in [3.05, 3.63) is 0 Å². The summed E-state index contributed by atoms with van der Waals surface area (Å²) in [6, 6.07) is 0. The molecule has 0 aliphatic carbocycles. The molecule has 4 saturated heterocycles. The number of nitrogens with zero attached hydrogens (tertiary/aromatic N) is 6. The van der Waals surface area contributed by atoms with Gasteiger partial charge in [-0.3, -0.25) is 19.6 Å². The molecule has 4 aliphatic rings. The minimum absolute atomic E-state index is 0. The van der Waals surface area contributed by atoms with Crippen LogP contribution in [0.25, 0.3) is 0 Å². The zero-order valence-electron chi connectivity index (χ0n) is 9.45. The molecule has 0 saturated carbocycles. The van der Waals surface area contributed by atoms with Crippen LogP contribution < -0.4 is 0 Å². The first kappa shape index (κ1) is 17.5. The Kier molecular flexibility index (Phi) is 9.74. The monoisotopic (exact) mass is 296 g/mol. The molecular formula is C8H12CaN6S2. The first-order valence-corrected chi connectivity index (χ1v) is 5.47. The number of thiocyanates is 2. The number of nitriles is 2. The third-order valence-electron chi connectivity index (χ3n) is 2.40. The molecule has 0 unspecified atom stereocenters. The molecule has 0 aromatic rings. The second-order valence-electron chi connectivity index (χ2n) is 3.71.